The average molecular weight is 911 g/mol. The first-order valence-corrected chi connectivity index (χ1v) is 17.1. The Hall–Kier alpha value is -3.83. The van der Waals surface area contributed by atoms with Crippen LogP contribution in [0.25, 0.3) is 16.9 Å². The molecule has 2 nitrogen and oxygen atoms in total. The molecule has 0 atom stereocenters. The van der Waals surface area contributed by atoms with Gasteiger partial charge >= 0.3 is 0 Å². The SMILES string of the molecule is [CH]1C=CC=C1.[CH]1C=CC=C1.[Hf].[O-]c1c(Cl)c(Cl)c(Cl)c(Cl)c1O/C(=C(\C(=[C]c1ccccc1)c1ccccc1)c1ccccc1)c1ccccc1. The topological polar surface area (TPSA) is 32.3 Å². The van der Waals surface area contributed by atoms with Gasteiger partial charge in [-0.1, -0.05) is 216 Å². The van der Waals surface area contributed by atoms with E-state index in [0.717, 1.165) is 22.3 Å². The van der Waals surface area contributed by atoms with Crippen LogP contribution in [-0.4, -0.2) is 0 Å². The molecule has 0 fully saturated rings. The molecule has 251 valence electrons. The van der Waals surface area contributed by atoms with Crippen LogP contribution in [0.2, 0.25) is 20.1 Å². The summed E-state index contributed by atoms with van der Waals surface area (Å²) in [6.45, 7) is 0. The van der Waals surface area contributed by atoms with Crippen molar-refractivity contribution in [2.75, 3.05) is 0 Å². The van der Waals surface area contributed by atoms with Gasteiger partial charge in [-0.15, -0.1) is 0 Å². The minimum atomic E-state index is -0.667. The van der Waals surface area contributed by atoms with Crippen molar-refractivity contribution in [1.29, 1.82) is 0 Å². The Bertz CT molecular complexity index is 1980. The Morgan fingerprint density at radius 2 is 0.882 bits per heavy atom. The molecular weight excluding hydrogens is 881 g/mol. The minimum absolute atomic E-state index is 0. The molecule has 0 saturated heterocycles. The molecule has 0 saturated carbocycles. The van der Waals surface area contributed by atoms with Gasteiger partial charge in [0.25, 0.3) is 0 Å². The second-order valence-corrected chi connectivity index (χ2v) is 12.1. The summed E-state index contributed by atoms with van der Waals surface area (Å²) in [4.78, 5) is 0. The molecule has 0 aliphatic heterocycles. The summed E-state index contributed by atoms with van der Waals surface area (Å²) in [5.74, 6) is -0.526. The van der Waals surface area contributed by atoms with E-state index >= 15 is 0 Å². The Balaban J connectivity index is 0.000000455. The number of ether oxygens (including phenoxy) is 1. The largest absolute Gasteiger partial charge is 0.869 e. The summed E-state index contributed by atoms with van der Waals surface area (Å²) in [7, 11) is 0. The van der Waals surface area contributed by atoms with Crippen LogP contribution in [-0.2, 0) is 25.8 Å². The van der Waals surface area contributed by atoms with E-state index < -0.39 is 5.75 Å². The fourth-order valence-corrected chi connectivity index (χ4v) is 5.67. The summed E-state index contributed by atoms with van der Waals surface area (Å²) >= 11 is 25.3. The predicted octanol–water partition coefficient (Wildman–Crippen LogP) is 12.9. The number of halogens is 4. The van der Waals surface area contributed by atoms with E-state index in [1.165, 1.54) is 0 Å². The van der Waals surface area contributed by atoms with Crippen LogP contribution in [0.4, 0.5) is 0 Å². The van der Waals surface area contributed by atoms with E-state index in [2.05, 4.69) is 6.08 Å². The maximum absolute atomic E-state index is 13.3. The summed E-state index contributed by atoms with van der Waals surface area (Å²) < 4.78 is 6.48. The van der Waals surface area contributed by atoms with Crippen LogP contribution in [0.3, 0.4) is 0 Å². The molecule has 7 rings (SSSR count). The van der Waals surface area contributed by atoms with Gasteiger partial charge in [-0.3, -0.25) is 0 Å². The van der Waals surface area contributed by atoms with Gasteiger partial charge in [0.1, 0.15) is 16.5 Å². The predicted molar refractivity (Wildman–Crippen MR) is 210 cm³/mol. The van der Waals surface area contributed by atoms with Crippen molar-refractivity contribution in [1.82, 2.24) is 0 Å². The van der Waals surface area contributed by atoms with Crippen molar-refractivity contribution in [3.05, 3.63) is 231 Å². The van der Waals surface area contributed by atoms with Crippen molar-refractivity contribution >= 4 is 63.3 Å². The van der Waals surface area contributed by atoms with E-state index in [-0.39, 0.29) is 51.7 Å². The number of rotatable bonds is 7. The third kappa shape index (κ3) is 11.1. The second-order valence-electron chi connectivity index (χ2n) is 10.6. The van der Waals surface area contributed by atoms with Gasteiger partial charge in [0.15, 0.2) is 0 Å². The van der Waals surface area contributed by atoms with Gasteiger partial charge in [0, 0.05) is 55.4 Å². The van der Waals surface area contributed by atoms with Gasteiger partial charge in [0.2, 0.25) is 0 Å². The number of hydrogen-bond donors (Lipinski definition) is 0. The van der Waals surface area contributed by atoms with Gasteiger partial charge in [-0.2, -0.15) is 0 Å². The maximum Gasteiger partial charge on any atom is 0.143 e. The van der Waals surface area contributed by atoms with Crippen LogP contribution in [0.15, 0.2) is 170 Å². The zero-order valence-electron chi connectivity index (χ0n) is 27.1. The van der Waals surface area contributed by atoms with Crippen molar-refractivity contribution in [2.24, 2.45) is 0 Å². The Kier molecular flexibility index (Phi) is 16.4. The molecule has 0 bridgehead atoms. The Morgan fingerprint density at radius 3 is 1.33 bits per heavy atom. The summed E-state index contributed by atoms with van der Waals surface area (Å²) in [5, 5.41) is 12.7. The van der Waals surface area contributed by atoms with Crippen molar-refractivity contribution < 1.29 is 35.7 Å². The average Bonchev–Trinajstić information content (AvgIpc) is 3.97. The summed E-state index contributed by atoms with van der Waals surface area (Å²) in [5.41, 5.74) is 4.71. The minimum Gasteiger partial charge on any atom is -0.869 e. The molecule has 5 aromatic carbocycles. The zero-order chi connectivity index (χ0) is 35.1. The van der Waals surface area contributed by atoms with Crippen molar-refractivity contribution in [3.8, 4) is 11.5 Å². The monoisotopic (exact) mass is 910 g/mol. The van der Waals surface area contributed by atoms with Crippen molar-refractivity contribution in [2.45, 2.75) is 0 Å². The first-order chi connectivity index (χ1) is 24.5. The van der Waals surface area contributed by atoms with Crippen molar-refractivity contribution in [3.63, 3.8) is 0 Å². The molecule has 0 amide bonds. The fraction of sp³-hybridized carbons (Fsp3) is 0. The molecule has 51 heavy (non-hydrogen) atoms. The Morgan fingerprint density at radius 1 is 0.471 bits per heavy atom. The normalized spacial score (nSPS) is 13.0. The molecule has 0 aromatic heterocycles. The van der Waals surface area contributed by atoms with Crippen LogP contribution >= 0.6 is 46.4 Å². The molecular formula is C44H30Cl4HfO2-. The summed E-state index contributed by atoms with van der Waals surface area (Å²) in [6.07, 6.45) is 23.6. The molecule has 0 heterocycles. The number of benzene rings is 5. The van der Waals surface area contributed by atoms with E-state index in [1.54, 1.807) is 0 Å². The molecule has 0 unspecified atom stereocenters. The molecule has 2 aliphatic rings. The number of hydrogen-bond acceptors (Lipinski definition) is 2. The fourth-order valence-electron chi connectivity index (χ4n) is 4.81. The van der Waals surface area contributed by atoms with Gasteiger partial charge in [-0.05, 0) is 28.5 Å². The molecule has 0 N–H and O–H groups in total. The molecule has 3 radical (unpaired) electrons. The van der Waals surface area contributed by atoms with Crippen LogP contribution in [0.1, 0.15) is 22.3 Å². The van der Waals surface area contributed by atoms with Crippen LogP contribution in [0, 0.1) is 18.9 Å². The van der Waals surface area contributed by atoms with Crippen LogP contribution in [0.5, 0.6) is 11.5 Å². The quantitative estimate of drug-likeness (QED) is 0.0407. The molecule has 2 aliphatic carbocycles. The zero-order valence-corrected chi connectivity index (χ0v) is 33.8. The van der Waals surface area contributed by atoms with Gasteiger partial charge in [-0.25, -0.2) is 0 Å². The second kappa shape index (κ2) is 20.9. The Labute approximate surface area is 339 Å². The number of allylic oxidation sites excluding steroid dienone is 10. The van der Waals surface area contributed by atoms with Crippen LogP contribution < -0.4 is 9.84 Å². The standard InChI is InChI=1S/C34H21Cl4O2.2C5H5.Hf/c35-28-29(36)31(38)34(32(39)30(28)37)40-33(25-19-11-4-12-20-25)27(24-17-9-3-10-18-24)26(23-15-7-2-8-16-23)21-22-13-5-1-6-14-22;2*1-2-4-5-3-1;/h1-20,39H;2*1-5H;/p-1/b26-21?,33-27-;;;. The van der Waals surface area contributed by atoms with E-state index in [0.29, 0.717) is 16.9 Å². The molecule has 7 heteroatoms. The first kappa shape index (κ1) is 39.9. The maximum atomic E-state index is 13.3. The third-order valence-corrected chi connectivity index (χ3v) is 8.95. The van der Waals surface area contributed by atoms with Gasteiger partial charge in [0.05, 0.1) is 15.1 Å². The first-order valence-electron chi connectivity index (χ1n) is 15.6. The third-order valence-electron chi connectivity index (χ3n) is 7.18. The van der Waals surface area contributed by atoms with E-state index in [4.69, 9.17) is 51.1 Å². The summed E-state index contributed by atoms with van der Waals surface area (Å²) in [6, 6.07) is 38.9. The smallest absolute Gasteiger partial charge is 0.143 e. The molecule has 5 aromatic rings. The molecule has 0 spiro atoms. The van der Waals surface area contributed by atoms with E-state index in [9.17, 15) is 5.11 Å². The van der Waals surface area contributed by atoms with Gasteiger partial charge < -0.3 is 9.84 Å². The van der Waals surface area contributed by atoms with E-state index in [1.807, 2.05) is 183 Å².